The first-order valence-electron chi connectivity index (χ1n) is 4.86. The lowest BCUT2D eigenvalue weighted by atomic mass is 9.95. The van der Waals surface area contributed by atoms with Gasteiger partial charge in [0.2, 0.25) is 0 Å². The van der Waals surface area contributed by atoms with Gasteiger partial charge >= 0.3 is 0 Å². The topological polar surface area (TPSA) is 12.9 Å². The predicted molar refractivity (Wildman–Crippen MR) is 57.3 cm³/mol. The van der Waals surface area contributed by atoms with E-state index in [-0.39, 0.29) is 0 Å². The quantitative estimate of drug-likeness (QED) is 0.682. The van der Waals surface area contributed by atoms with Crippen LogP contribution in [0.4, 0.5) is 0 Å². The van der Waals surface area contributed by atoms with Gasteiger partial charge < -0.3 is 0 Å². The molecule has 1 unspecified atom stereocenters. The molecule has 1 aromatic heterocycles. The summed E-state index contributed by atoms with van der Waals surface area (Å²) in [4.78, 5) is 4.28. The van der Waals surface area contributed by atoms with E-state index in [1.165, 1.54) is 12.8 Å². The van der Waals surface area contributed by atoms with Crippen molar-refractivity contribution >= 4 is 5.57 Å². The van der Waals surface area contributed by atoms with Gasteiger partial charge in [0.25, 0.3) is 0 Å². The van der Waals surface area contributed by atoms with Crippen LogP contribution in [0.1, 0.15) is 32.4 Å². The number of hydrogen-bond acceptors (Lipinski definition) is 1. The third kappa shape index (κ3) is 2.69. The lowest BCUT2D eigenvalue weighted by Crippen LogP contribution is -1.98. The van der Waals surface area contributed by atoms with Gasteiger partial charge in [-0.1, -0.05) is 32.9 Å². The van der Waals surface area contributed by atoms with Crippen molar-refractivity contribution in [3.8, 4) is 0 Å². The molecule has 0 fully saturated rings. The van der Waals surface area contributed by atoms with Crippen molar-refractivity contribution in [3.63, 3.8) is 0 Å². The van der Waals surface area contributed by atoms with Crippen molar-refractivity contribution < 1.29 is 0 Å². The predicted octanol–water partition coefficient (Wildman–Crippen LogP) is 3.53. The summed E-state index contributed by atoms with van der Waals surface area (Å²) < 4.78 is 0. The summed E-state index contributed by atoms with van der Waals surface area (Å²) in [5, 5.41) is 0. The van der Waals surface area contributed by atoms with Crippen LogP contribution in [0.2, 0.25) is 0 Å². The van der Waals surface area contributed by atoms with Crippen LogP contribution >= 0.6 is 0 Å². The van der Waals surface area contributed by atoms with E-state index in [9.17, 15) is 0 Å². The molecule has 0 N–H and O–H groups in total. The van der Waals surface area contributed by atoms with Crippen molar-refractivity contribution in [2.45, 2.75) is 26.7 Å². The van der Waals surface area contributed by atoms with E-state index in [1.807, 2.05) is 24.4 Å². The maximum atomic E-state index is 4.28. The second kappa shape index (κ2) is 4.80. The smallest absolute Gasteiger partial charge is 0.0658 e. The van der Waals surface area contributed by atoms with Crippen molar-refractivity contribution in [2.24, 2.45) is 5.92 Å². The molecule has 0 amide bonds. The monoisotopic (exact) mass is 175 g/mol. The van der Waals surface area contributed by atoms with Gasteiger partial charge in [-0.3, -0.25) is 4.98 Å². The SMILES string of the molecule is C=C(c1ccccn1)C(C)CCC. The van der Waals surface area contributed by atoms with E-state index in [0.717, 1.165) is 11.3 Å². The second-order valence-electron chi connectivity index (χ2n) is 3.43. The van der Waals surface area contributed by atoms with Gasteiger partial charge in [-0.2, -0.15) is 0 Å². The lowest BCUT2D eigenvalue weighted by Gasteiger charge is -2.12. The van der Waals surface area contributed by atoms with Crippen molar-refractivity contribution in [1.29, 1.82) is 0 Å². The Kier molecular flexibility index (Phi) is 3.69. The second-order valence-corrected chi connectivity index (χ2v) is 3.43. The molecular formula is C12H17N. The summed E-state index contributed by atoms with van der Waals surface area (Å²) in [6, 6.07) is 5.96. The third-order valence-electron chi connectivity index (χ3n) is 2.31. The molecule has 0 saturated heterocycles. The molecule has 0 aliphatic rings. The zero-order chi connectivity index (χ0) is 9.68. The van der Waals surface area contributed by atoms with Gasteiger partial charge in [-0.15, -0.1) is 0 Å². The Morgan fingerprint density at radius 2 is 2.31 bits per heavy atom. The average molecular weight is 175 g/mol. The van der Waals surface area contributed by atoms with E-state index >= 15 is 0 Å². The number of aromatic nitrogens is 1. The third-order valence-corrected chi connectivity index (χ3v) is 2.31. The molecule has 0 radical (unpaired) electrons. The standard InChI is InChI=1S/C12H17N/c1-4-7-10(2)11(3)12-8-5-6-9-13-12/h5-6,8-10H,3-4,7H2,1-2H3. The van der Waals surface area contributed by atoms with Crippen molar-refractivity contribution in [1.82, 2.24) is 4.98 Å². The molecule has 70 valence electrons. The molecule has 1 aromatic rings. The maximum Gasteiger partial charge on any atom is 0.0658 e. The zero-order valence-electron chi connectivity index (χ0n) is 8.46. The Balaban J connectivity index is 2.68. The molecule has 1 heteroatoms. The van der Waals surface area contributed by atoms with Gasteiger partial charge in [0.05, 0.1) is 5.69 Å². The largest absolute Gasteiger partial charge is 0.257 e. The molecule has 0 bridgehead atoms. The highest BCUT2D eigenvalue weighted by Crippen LogP contribution is 2.22. The maximum absolute atomic E-state index is 4.28. The highest BCUT2D eigenvalue weighted by Gasteiger charge is 2.07. The number of hydrogen-bond donors (Lipinski definition) is 0. The van der Waals surface area contributed by atoms with E-state index < -0.39 is 0 Å². The Bertz CT molecular complexity index is 264. The van der Waals surface area contributed by atoms with E-state index in [4.69, 9.17) is 0 Å². The number of pyridine rings is 1. The number of nitrogens with zero attached hydrogens (tertiary/aromatic N) is 1. The first-order valence-corrected chi connectivity index (χ1v) is 4.86. The average Bonchev–Trinajstić information content (AvgIpc) is 2.18. The van der Waals surface area contributed by atoms with E-state index in [0.29, 0.717) is 5.92 Å². The molecule has 1 heterocycles. The van der Waals surface area contributed by atoms with Gasteiger partial charge in [0.15, 0.2) is 0 Å². The molecular weight excluding hydrogens is 158 g/mol. The molecule has 1 nitrogen and oxygen atoms in total. The Hall–Kier alpha value is -1.11. The molecule has 1 rings (SSSR count). The molecule has 1 atom stereocenters. The Morgan fingerprint density at radius 1 is 1.54 bits per heavy atom. The molecule has 0 aliphatic carbocycles. The first-order chi connectivity index (χ1) is 6.25. The van der Waals surface area contributed by atoms with Gasteiger partial charge in [-0.05, 0) is 30.0 Å². The summed E-state index contributed by atoms with van der Waals surface area (Å²) in [5.74, 6) is 0.542. The highest BCUT2D eigenvalue weighted by atomic mass is 14.7. The van der Waals surface area contributed by atoms with E-state index in [1.54, 1.807) is 0 Å². The van der Waals surface area contributed by atoms with E-state index in [2.05, 4.69) is 25.4 Å². The van der Waals surface area contributed by atoms with Gasteiger partial charge in [0.1, 0.15) is 0 Å². The summed E-state index contributed by atoms with van der Waals surface area (Å²) in [6.07, 6.45) is 4.21. The minimum Gasteiger partial charge on any atom is -0.257 e. The number of rotatable bonds is 4. The van der Waals surface area contributed by atoms with Crippen LogP contribution in [0, 0.1) is 5.92 Å². The normalized spacial score (nSPS) is 12.5. The van der Waals surface area contributed by atoms with Gasteiger partial charge in [-0.25, -0.2) is 0 Å². The Labute approximate surface area is 80.5 Å². The lowest BCUT2D eigenvalue weighted by molar-refractivity contribution is 0.649. The summed E-state index contributed by atoms with van der Waals surface area (Å²) >= 11 is 0. The van der Waals surface area contributed by atoms with Crippen LogP contribution in [-0.4, -0.2) is 4.98 Å². The first kappa shape index (κ1) is 9.97. The van der Waals surface area contributed by atoms with Crippen LogP contribution in [0.15, 0.2) is 31.0 Å². The highest BCUT2D eigenvalue weighted by molar-refractivity contribution is 5.61. The fourth-order valence-corrected chi connectivity index (χ4v) is 1.41. The summed E-state index contributed by atoms with van der Waals surface area (Å²) in [7, 11) is 0. The minimum atomic E-state index is 0.542. The zero-order valence-corrected chi connectivity index (χ0v) is 8.46. The molecule has 13 heavy (non-hydrogen) atoms. The van der Waals surface area contributed by atoms with Crippen LogP contribution in [-0.2, 0) is 0 Å². The number of allylic oxidation sites excluding steroid dienone is 1. The summed E-state index contributed by atoms with van der Waals surface area (Å²) in [5.41, 5.74) is 2.19. The summed E-state index contributed by atoms with van der Waals surface area (Å²) in [6.45, 7) is 8.49. The molecule has 0 aromatic carbocycles. The van der Waals surface area contributed by atoms with Crippen LogP contribution in [0.3, 0.4) is 0 Å². The van der Waals surface area contributed by atoms with Crippen molar-refractivity contribution in [2.75, 3.05) is 0 Å². The minimum absolute atomic E-state index is 0.542. The molecule has 0 aliphatic heterocycles. The Morgan fingerprint density at radius 3 is 2.85 bits per heavy atom. The fraction of sp³-hybridized carbons (Fsp3) is 0.417. The molecule has 0 spiro atoms. The molecule has 0 saturated carbocycles. The van der Waals surface area contributed by atoms with Crippen LogP contribution in [0.25, 0.3) is 5.57 Å². The van der Waals surface area contributed by atoms with Crippen molar-refractivity contribution in [3.05, 3.63) is 36.7 Å². The van der Waals surface area contributed by atoms with Crippen LogP contribution < -0.4 is 0 Å². The van der Waals surface area contributed by atoms with Crippen LogP contribution in [0.5, 0.6) is 0 Å². The fourth-order valence-electron chi connectivity index (χ4n) is 1.41. The van der Waals surface area contributed by atoms with Gasteiger partial charge in [0, 0.05) is 6.20 Å².